The third-order valence-electron chi connectivity index (χ3n) is 5.67. The highest BCUT2D eigenvalue weighted by atomic mass is 19.1. The fraction of sp³-hybridized carbons (Fsp3) is 0.417. The molecule has 7 heteroatoms. The summed E-state index contributed by atoms with van der Waals surface area (Å²) in [7, 11) is 0. The Hall–Kier alpha value is -2.51. The van der Waals surface area contributed by atoms with Crippen LogP contribution in [0.5, 0.6) is 11.5 Å². The van der Waals surface area contributed by atoms with Crippen LogP contribution in [-0.4, -0.2) is 32.7 Å². The van der Waals surface area contributed by atoms with Crippen molar-refractivity contribution in [3.05, 3.63) is 64.0 Å². The van der Waals surface area contributed by atoms with Crippen LogP contribution >= 0.6 is 0 Å². The summed E-state index contributed by atoms with van der Waals surface area (Å²) in [6.45, 7) is 3.26. The van der Waals surface area contributed by atoms with Gasteiger partial charge in [-0.3, -0.25) is 0 Å². The summed E-state index contributed by atoms with van der Waals surface area (Å²) in [4.78, 5) is 0. The van der Waals surface area contributed by atoms with Crippen LogP contribution in [0, 0.1) is 23.4 Å². The van der Waals surface area contributed by atoms with Gasteiger partial charge in [0, 0.05) is 23.1 Å². The highest BCUT2D eigenvalue weighted by Crippen LogP contribution is 2.36. The number of halogens is 3. The fourth-order valence-electron chi connectivity index (χ4n) is 4.15. The first kappa shape index (κ1) is 21.7. The van der Waals surface area contributed by atoms with Crippen LogP contribution in [0.15, 0.2) is 29.8 Å². The molecule has 4 nitrogen and oxygen atoms in total. The number of hydrogen-bond donors (Lipinski definition) is 0. The van der Waals surface area contributed by atoms with Crippen molar-refractivity contribution in [2.45, 2.75) is 33.0 Å². The van der Waals surface area contributed by atoms with Gasteiger partial charge in [-0.15, -0.1) is 0 Å². The third-order valence-corrected chi connectivity index (χ3v) is 5.67. The molecule has 0 aromatic heterocycles. The third kappa shape index (κ3) is 4.16. The lowest BCUT2D eigenvalue weighted by atomic mass is 9.92. The number of rotatable bonds is 2. The predicted octanol–water partition coefficient (Wildman–Crippen LogP) is 5.24. The van der Waals surface area contributed by atoms with Gasteiger partial charge in [-0.2, -0.15) is 0 Å². The number of benzene rings is 2. The van der Waals surface area contributed by atoms with Crippen molar-refractivity contribution in [1.82, 2.24) is 0 Å². The first-order valence-corrected chi connectivity index (χ1v) is 9.98. The maximum Gasteiger partial charge on any atom is 0.183 e. The number of fused-ring (bicyclic) bond motifs is 2. The minimum atomic E-state index is -0.745. The zero-order valence-corrected chi connectivity index (χ0v) is 16.4. The Kier molecular flexibility index (Phi) is 5.99. The quantitative estimate of drug-likeness (QED) is 0.648. The second-order valence-electron chi connectivity index (χ2n) is 8.11. The molecule has 3 aliphatic heterocycles. The Morgan fingerprint density at radius 3 is 2.45 bits per heavy atom. The van der Waals surface area contributed by atoms with Crippen molar-refractivity contribution in [3.8, 4) is 11.5 Å². The Labute approximate surface area is 179 Å². The van der Waals surface area contributed by atoms with Crippen molar-refractivity contribution in [3.63, 3.8) is 0 Å². The van der Waals surface area contributed by atoms with E-state index < -0.39 is 17.9 Å². The summed E-state index contributed by atoms with van der Waals surface area (Å²) in [5, 5.41) is 0. The van der Waals surface area contributed by atoms with E-state index in [9.17, 15) is 13.2 Å². The summed E-state index contributed by atoms with van der Waals surface area (Å²) < 4.78 is 64.8. The van der Waals surface area contributed by atoms with Crippen LogP contribution in [0.3, 0.4) is 0 Å². The molecule has 2 aromatic rings. The van der Waals surface area contributed by atoms with E-state index in [2.05, 4.69) is 6.92 Å². The average Bonchev–Trinajstić information content (AvgIpc) is 2.73. The molecule has 0 saturated carbocycles. The highest BCUT2D eigenvalue weighted by Gasteiger charge is 2.31. The van der Waals surface area contributed by atoms with Gasteiger partial charge in [0.2, 0.25) is 0 Å². The van der Waals surface area contributed by atoms with Gasteiger partial charge in [-0.05, 0) is 47.7 Å². The molecule has 1 atom stereocenters. The molecule has 31 heavy (non-hydrogen) atoms. The van der Waals surface area contributed by atoms with Gasteiger partial charge in [0.25, 0.3) is 0 Å². The van der Waals surface area contributed by atoms with E-state index in [1.54, 1.807) is 18.2 Å². The predicted molar refractivity (Wildman–Crippen MR) is 110 cm³/mol. The lowest BCUT2D eigenvalue weighted by Gasteiger charge is -2.33. The molecule has 1 fully saturated rings. The molecule has 3 aliphatic rings. The lowest BCUT2D eigenvalue weighted by molar-refractivity contribution is -0.168. The summed E-state index contributed by atoms with van der Waals surface area (Å²) in [5.41, 5.74) is 2.31. The Morgan fingerprint density at radius 2 is 1.68 bits per heavy atom. The lowest BCUT2D eigenvalue weighted by Crippen LogP contribution is -2.34. The molecular weight excluding hydrogens is 409 g/mol. The molecule has 3 heterocycles. The van der Waals surface area contributed by atoms with E-state index in [0.29, 0.717) is 29.2 Å². The minimum absolute atomic E-state index is 0. The summed E-state index contributed by atoms with van der Waals surface area (Å²) >= 11 is 0. The van der Waals surface area contributed by atoms with Crippen LogP contribution in [0.1, 0.15) is 37.0 Å². The maximum absolute atomic E-state index is 14.7. The van der Waals surface area contributed by atoms with E-state index in [1.807, 2.05) is 0 Å². The smallest absolute Gasteiger partial charge is 0.183 e. The molecule has 166 valence electrons. The minimum Gasteiger partial charge on any atom is -0.493 e. The Bertz CT molecular complexity index is 1010. The van der Waals surface area contributed by atoms with Crippen molar-refractivity contribution in [2.75, 3.05) is 26.4 Å². The van der Waals surface area contributed by atoms with Crippen LogP contribution in [0.2, 0.25) is 0 Å². The van der Waals surface area contributed by atoms with Crippen molar-refractivity contribution in [2.24, 2.45) is 5.92 Å². The molecule has 1 saturated heterocycles. The number of ether oxygens (including phenoxy) is 4. The second kappa shape index (κ2) is 8.55. The largest absolute Gasteiger partial charge is 0.493 e. The van der Waals surface area contributed by atoms with E-state index in [1.165, 1.54) is 6.07 Å². The highest BCUT2D eigenvalue weighted by molar-refractivity contribution is 5.63. The molecule has 0 radical (unpaired) electrons. The van der Waals surface area contributed by atoms with Gasteiger partial charge in [0.05, 0.1) is 19.8 Å². The van der Waals surface area contributed by atoms with Crippen molar-refractivity contribution in [1.29, 1.82) is 0 Å². The molecule has 0 spiro atoms. The van der Waals surface area contributed by atoms with Crippen LogP contribution < -0.4 is 9.47 Å². The maximum atomic E-state index is 14.7. The van der Waals surface area contributed by atoms with Crippen molar-refractivity contribution >= 4 is 6.08 Å². The summed E-state index contributed by atoms with van der Waals surface area (Å²) in [6.07, 6.45) is 1.70. The standard InChI is InChI=1S/C23H21F3O4.CH4/c1-12-2-13-5-19(25)18(7-21(13)27-8-12)16-10-29-23(30-11-16)15-3-14-4-17(24)6-20(26)22(14)28-9-15;/h3-7,12,16,23H,2,8-11H2,1H3;1H4. The molecule has 5 rings (SSSR count). The number of hydrogen-bond acceptors (Lipinski definition) is 4. The molecule has 0 N–H and O–H groups in total. The first-order valence-electron chi connectivity index (χ1n) is 9.98. The van der Waals surface area contributed by atoms with Gasteiger partial charge in [-0.25, -0.2) is 13.2 Å². The van der Waals surface area contributed by atoms with Gasteiger partial charge in [0.15, 0.2) is 17.9 Å². The van der Waals surface area contributed by atoms with Crippen LogP contribution in [-0.2, 0) is 15.9 Å². The second-order valence-corrected chi connectivity index (χ2v) is 8.11. The van der Waals surface area contributed by atoms with Crippen LogP contribution in [0.4, 0.5) is 13.2 Å². The van der Waals surface area contributed by atoms with E-state index >= 15 is 0 Å². The molecule has 1 unspecified atom stereocenters. The fourth-order valence-corrected chi connectivity index (χ4v) is 4.15. The molecule has 0 aliphatic carbocycles. The Balaban J connectivity index is 0.00000231. The molecule has 0 amide bonds. The first-order chi connectivity index (χ1) is 14.5. The Morgan fingerprint density at radius 1 is 0.903 bits per heavy atom. The van der Waals surface area contributed by atoms with Gasteiger partial charge < -0.3 is 18.9 Å². The van der Waals surface area contributed by atoms with Gasteiger partial charge in [-0.1, -0.05) is 14.4 Å². The zero-order valence-electron chi connectivity index (χ0n) is 16.4. The average molecular weight is 434 g/mol. The molecule has 0 bridgehead atoms. The SMILES string of the molecule is C.CC1COc2cc(C3COC(C4=Cc5cc(F)cc(F)c5OC4)OC3)c(F)cc2C1. The normalized spacial score (nSPS) is 24.6. The van der Waals surface area contributed by atoms with Gasteiger partial charge >= 0.3 is 0 Å². The van der Waals surface area contributed by atoms with E-state index in [-0.39, 0.29) is 44.7 Å². The molecule has 2 aromatic carbocycles. The topological polar surface area (TPSA) is 36.9 Å². The monoisotopic (exact) mass is 434 g/mol. The van der Waals surface area contributed by atoms with E-state index in [0.717, 1.165) is 23.8 Å². The van der Waals surface area contributed by atoms with E-state index in [4.69, 9.17) is 18.9 Å². The van der Waals surface area contributed by atoms with Crippen LogP contribution in [0.25, 0.3) is 6.08 Å². The van der Waals surface area contributed by atoms with Crippen molar-refractivity contribution < 1.29 is 32.1 Å². The zero-order chi connectivity index (χ0) is 20.8. The van der Waals surface area contributed by atoms with Gasteiger partial charge in [0.1, 0.15) is 24.0 Å². The summed E-state index contributed by atoms with van der Waals surface area (Å²) in [6, 6.07) is 5.28. The molecular formula is C24H25F3O4. The summed E-state index contributed by atoms with van der Waals surface area (Å²) in [5.74, 6) is -0.899.